The van der Waals surface area contributed by atoms with Gasteiger partial charge in [-0.1, -0.05) is 39.5 Å². The Labute approximate surface area is 202 Å². The van der Waals surface area contributed by atoms with Crippen LogP contribution in [0.1, 0.15) is 65.7 Å². The summed E-state index contributed by atoms with van der Waals surface area (Å²) in [5.74, 6) is 1.40. The van der Waals surface area contributed by atoms with E-state index in [9.17, 15) is 4.79 Å². The summed E-state index contributed by atoms with van der Waals surface area (Å²) in [5, 5.41) is 10.4. The van der Waals surface area contributed by atoms with Crippen molar-refractivity contribution in [1.29, 1.82) is 5.26 Å². The largest absolute Gasteiger partial charge is 0.375 e. The lowest BCUT2D eigenvalue weighted by molar-refractivity contribution is 0.0992. The van der Waals surface area contributed by atoms with E-state index in [0.717, 1.165) is 36.3 Å². The predicted octanol–water partition coefficient (Wildman–Crippen LogP) is 5.77. The van der Waals surface area contributed by atoms with Gasteiger partial charge in [0.15, 0.2) is 5.78 Å². The van der Waals surface area contributed by atoms with Crippen molar-refractivity contribution < 1.29 is 4.79 Å². The van der Waals surface area contributed by atoms with E-state index in [-0.39, 0.29) is 12.2 Å². The molecule has 0 spiro atoms. The lowest BCUT2D eigenvalue weighted by Gasteiger charge is -2.40. The molecule has 0 radical (unpaired) electrons. The van der Waals surface area contributed by atoms with Crippen molar-refractivity contribution >= 4 is 16.8 Å². The number of rotatable bonds is 6. The van der Waals surface area contributed by atoms with E-state index in [4.69, 9.17) is 10.2 Å². The van der Waals surface area contributed by atoms with E-state index in [2.05, 4.69) is 63.1 Å². The smallest absolute Gasteiger partial charge is 0.167 e. The number of likely N-dealkylation sites (tertiary alicyclic amines) is 1. The van der Waals surface area contributed by atoms with Crippen LogP contribution in [0.5, 0.6) is 0 Å². The van der Waals surface area contributed by atoms with E-state index in [0.29, 0.717) is 28.9 Å². The van der Waals surface area contributed by atoms with Crippen molar-refractivity contribution in [3.63, 3.8) is 0 Å². The van der Waals surface area contributed by atoms with Gasteiger partial charge in [0.1, 0.15) is 5.65 Å². The molecule has 34 heavy (non-hydrogen) atoms. The number of Topliss-reactive ketones (excluding diaryl/α,β-unsaturated/α-hetero) is 1. The Kier molecular flexibility index (Phi) is 6.61. The van der Waals surface area contributed by atoms with Gasteiger partial charge < -0.3 is 9.47 Å². The maximum Gasteiger partial charge on any atom is 0.167 e. The molecule has 0 aliphatic carbocycles. The molecule has 0 amide bonds. The number of nitriles is 1. The molecule has 176 valence electrons. The fourth-order valence-corrected chi connectivity index (χ4v) is 5.31. The van der Waals surface area contributed by atoms with Crippen molar-refractivity contribution in [1.82, 2.24) is 14.5 Å². The Bertz CT molecular complexity index is 1290. The number of carbonyl (C=O) groups excluding carboxylic acids is 1. The molecule has 0 bridgehead atoms. The summed E-state index contributed by atoms with van der Waals surface area (Å²) >= 11 is 0. The summed E-state index contributed by atoms with van der Waals surface area (Å²) in [6.07, 6.45) is 5.43. The summed E-state index contributed by atoms with van der Waals surface area (Å²) in [5.41, 5.74) is 6.68. The summed E-state index contributed by atoms with van der Waals surface area (Å²) in [6, 6.07) is 9.03. The first-order chi connectivity index (χ1) is 16.2. The molecule has 1 aromatic carbocycles. The van der Waals surface area contributed by atoms with Crippen LogP contribution in [0, 0.1) is 30.1 Å². The molecule has 4 rings (SSSR count). The van der Waals surface area contributed by atoms with Gasteiger partial charge in [0.25, 0.3) is 0 Å². The number of nitrogens with zero attached hydrogens (tertiary/aromatic N) is 4. The van der Waals surface area contributed by atoms with E-state index in [1.807, 2.05) is 6.20 Å². The maximum atomic E-state index is 13.0. The van der Waals surface area contributed by atoms with Crippen LogP contribution >= 0.6 is 0 Å². The summed E-state index contributed by atoms with van der Waals surface area (Å²) in [4.78, 5) is 20.2. The van der Waals surface area contributed by atoms with Gasteiger partial charge in [0.2, 0.25) is 0 Å². The monoisotopic (exact) mass is 454 g/mol. The predicted molar refractivity (Wildman–Crippen MR) is 137 cm³/mol. The second-order valence-corrected chi connectivity index (χ2v) is 10.1. The first-order valence-corrected chi connectivity index (χ1v) is 12.1. The molecule has 5 nitrogen and oxygen atoms in total. The third kappa shape index (κ3) is 4.37. The normalized spacial score (nSPS) is 18.3. The fourth-order valence-electron chi connectivity index (χ4n) is 5.31. The molecular weight excluding hydrogens is 420 g/mol. The van der Waals surface area contributed by atoms with Crippen LogP contribution < -0.4 is 0 Å². The number of piperidine rings is 1. The number of benzene rings is 1. The zero-order chi connectivity index (χ0) is 24.6. The van der Waals surface area contributed by atoms with Gasteiger partial charge in [-0.25, -0.2) is 4.98 Å². The minimum absolute atomic E-state index is 0.00713. The van der Waals surface area contributed by atoms with Crippen molar-refractivity contribution in [3.8, 4) is 6.07 Å². The zero-order valence-electron chi connectivity index (χ0n) is 20.9. The number of carbonyl (C=O) groups is 1. The third-order valence-electron chi connectivity index (χ3n) is 7.42. The molecule has 2 atom stereocenters. The quantitative estimate of drug-likeness (QED) is 0.443. The maximum absolute atomic E-state index is 13.0. The Morgan fingerprint density at radius 1 is 1.35 bits per heavy atom. The van der Waals surface area contributed by atoms with E-state index in [1.165, 1.54) is 16.6 Å². The first kappa shape index (κ1) is 23.8. The molecule has 3 heterocycles. The van der Waals surface area contributed by atoms with Gasteiger partial charge >= 0.3 is 0 Å². The molecule has 1 aliphatic rings. The first-order valence-electron chi connectivity index (χ1n) is 12.1. The second kappa shape index (κ2) is 9.46. The fraction of sp³-hybridized carbons (Fsp3) is 0.414. The minimum Gasteiger partial charge on any atom is -0.375 e. The molecule has 3 aromatic rings. The Hall–Kier alpha value is -3.39. The van der Waals surface area contributed by atoms with Gasteiger partial charge in [-0.3, -0.25) is 4.79 Å². The van der Waals surface area contributed by atoms with Gasteiger partial charge in [-0.05, 0) is 59.9 Å². The van der Waals surface area contributed by atoms with Gasteiger partial charge in [-0.2, -0.15) is 5.26 Å². The number of aromatic nitrogens is 2. The highest BCUT2D eigenvalue weighted by Gasteiger charge is 2.31. The summed E-state index contributed by atoms with van der Waals surface area (Å²) in [6.45, 7) is 15.2. The van der Waals surface area contributed by atoms with E-state index >= 15 is 0 Å². The topological polar surface area (TPSA) is 61.9 Å². The summed E-state index contributed by atoms with van der Waals surface area (Å²) < 4.78 is 2.12. The molecule has 1 aliphatic heterocycles. The lowest BCUT2D eigenvalue weighted by Crippen LogP contribution is -2.38. The molecular formula is C29H34N4O. The Balaban J connectivity index is 1.65. The molecule has 1 fully saturated rings. The number of hydrogen-bond acceptors (Lipinski definition) is 4. The van der Waals surface area contributed by atoms with Crippen LogP contribution in [0.25, 0.3) is 11.0 Å². The van der Waals surface area contributed by atoms with Crippen LogP contribution in [0.3, 0.4) is 0 Å². The average molecular weight is 455 g/mol. The van der Waals surface area contributed by atoms with Gasteiger partial charge in [-0.15, -0.1) is 0 Å². The molecule has 0 N–H and O–H groups in total. The molecule has 0 saturated carbocycles. The van der Waals surface area contributed by atoms with Gasteiger partial charge in [0.05, 0.1) is 11.6 Å². The van der Waals surface area contributed by atoms with Gasteiger partial charge in [0, 0.05) is 55.6 Å². The molecule has 0 unspecified atom stereocenters. The third-order valence-corrected chi connectivity index (χ3v) is 7.42. The second-order valence-electron chi connectivity index (χ2n) is 10.1. The van der Waals surface area contributed by atoms with Crippen molar-refractivity contribution in [3.05, 3.63) is 76.8 Å². The highest BCUT2D eigenvalue weighted by Crippen LogP contribution is 2.40. The average Bonchev–Trinajstić information content (AvgIpc) is 3.16. The van der Waals surface area contributed by atoms with E-state index < -0.39 is 0 Å². The molecule has 5 heteroatoms. The van der Waals surface area contributed by atoms with Crippen molar-refractivity contribution in [2.24, 2.45) is 18.9 Å². The van der Waals surface area contributed by atoms with E-state index in [1.54, 1.807) is 24.3 Å². The Morgan fingerprint density at radius 3 is 2.79 bits per heavy atom. The van der Waals surface area contributed by atoms with Crippen LogP contribution in [0.4, 0.5) is 0 Å². The van der Waals surface area contributed by atoms with Crippen LogP contribution in [0.15, 0.2) is 48.9 Å². The van der Waals surface area contributed by atoms with Crippen LogP contribution in [-0.2, 0) is 13.5 Å². The number of allylic oxidation sites excluding steroid dienone is 1. The van der Waals surface area contributed by atoms with Crippen LogP contribution in [-0.4, -0.2) is 33.3 Å². The van der Waals surface area contributed by atoms with Crippen molar-refractivity contribution in [2.75, 3.05) is 13.1 Å². The zero-order valence-corrected chi connectivity index (χ0v) is 20.9. The summed E-state index contributed by atoms with van der Waals surface area (Å²) in [7, 11) is 2.05. The van der Waals surface area contributed by atoms with Crippen molar-refractivity contribution in [2.45, 2.75) is 46.5 Å². The number of fused-ring (bicyclic) bond motifs is 1. The Morgan fingerprint density at radius 2 is 2.12 bits per heavy atom. The highest BCUT2D eigenvalue weighted by molar-refractivity contribution is 5.98. The number of aryl methyl sites for hydroxylation is 2. The minimum atomic E-state index is 0.00713. The molecule has 1 saturated heterocycles. The SMILES string of the molecule is C=C(C(C)C)N1CC[C@@H](c2cn(C)c3ncc(CC(=O)c4cccc(C#N)c4)c(C)c23)[C@@H](C)C1. The lowest BCUT2D eigenvalue weighted by atomic mass is 9.80. The number of pyridine rings is 1. The standard InChI is InChI=1S/C29H34N4O/c1-18(2)21(5)33-11-10-25(19(3)16-33)26-17-32(6)29-28(26)20(4)24(15-31-29)13-27(34)23-9-7-8-22(12-23)14-30/h7-9,12,15,17-19,25H,5,10-11,13,16H2,1-4,6H3/t19-,25+/m0/s1. The van der Waals surface area contributed by atoms with Crippen LogP contribution in [0.2, 0.25) is 0 Å². The number of ketones is 1. The number of hydrogen-bond donors (Lipinski definition) is 0. The molecule has 2 aromatic heterocycles. The highest BCUT2D eigenvalue weighted by atomic mass is 16.1.